The zero-order valence-corrected chi connectivity index (χ0v) is 12.5. The van der Waals surface area contributed by atoms with Gasteiger partial charge in [0, 0.05) is 22.6 Å². The molecule has 2 atom stereocenters. The summed E-state index contributed by atoms with van der Waals surface area (Å²) >= 11 is 0. The van der Waals surface area contributed by atoms with Crippen molar-refractivity contribution in [1.82, 2.24) is 5.32 Å². The number of ether oxygens (including phenoxy) is 1. The minimum Gasteiger partial charge on any atom is -0.469 e. The number of esters is 1. The molecular weight excluding hydrogens is 266 g/mol. The van der Waals surface area contributed by atoms with E-state index in [9.17, 15) is 13.8 Å². The summed E-state index contributed by atoms with van der Waals surface area (Å²) in [6.07, 6.45) is 5.55. The van der Waals surface area contributed by atoms with Crippen molar-refractivity contribution in [2.45, 2.75) is 45.1 Å². The van der Waals surface area contributed by atoms with Crippen molar-refractivity contribution < 1.29 is 18.5 Å². The van der Waals surface area contributed by atoms with E-state index in [2.05, 4.69) is 10.1 Å². The third-order valence-corrected chi connectivity index (χ3v) is 4.76. The summed E-state index contributed by atoms with van der Waals surface area (Å²) < 4.78 is 16.3. The molecule has 1 N–H and O–H groups in total. The quantitative estimate of drug-likeness (QED) is 0.740. The van der Waals surface area contributed by atoms with Gasteiger partial charge in [-0.25, -0.2) is 0 Å². The maximum atomic E-state index is 11.8. The van der Waals surface area contributed by atoms with Crippen LogP contribution in [0.5, 0.6) is 0 Å². The summed E-state index contributed by atoms with van der Waals surface area (Å²) in [5.41, 5.74) is 0. The summed E-state index contributed by atoms with van der Waals surface area (Å²) in [5.74, 6) is -0.862. The van der Waals surface area contributed by atoms with E-state index in [1.165, 1.54) is 13.5 Å². The van der Waals surface area contributed by atoms with Crippen LogP contribution in [0.2, 0.25) is 0 Å². The van der Waals surface area contributed by atoms with E-state index >= 15 is 0 Å². The Morgan fingerprint density at radius 3 is 2.53 bits per heavy atom. The van der Waals surface area contributed by atoms with Gasteiger partial charge in [0.2, 0.25) is 5.91 Å². The van der Waals surface area contributed by atoms with Crippen LogP contribution in [-0.4, -0.2) is 40.7 Å². The van der Waals surface area contributed by atoms with Gasteiger partial charge in [-0.1, -0.05) is 26.2 Å². The number of methoxy groups -OCH3 is 1. The Hall–Kier alpha value is -0.910. The Morgan fingerprint density at radius 1 is 1.32 bits per heavy atom. The average Bonchev–Trinajstić information content (AvgIpc) is 2.38. The molecule has 0 saturated heterocycles. The Bertz CT molecular complexity index is 340. The van der Waals surface area contributed by atoms with E-state index in [4.69, 9.17) is 0 Å². The lowest BCUT2D eigenvalue weighted by atomic mass is 9.95. The Kier molecular flexibility index (Phi) is 7.05. The van der Waals surface area contributed by atoms with Crippen LogP contribution >= 0.6 is 0 Å². The molecular formula is C13H23NO4S. The van der Waals surface area contributed by atoms with Crippen molar-refractivity contribution in [3.05, 3.63) is 0 Å². The summed E-state index contributed by atoms with van der Waals surface area (Å²) in [7, 11) is -0.0165. The Labute approximate surface area is 116 Å². The standard InChI is InChI=1S/C13H23NO4S/c1-10(13(16)18-2)8-19(17)9-12(15)14-11-6-4-3-5-7-11/h10-11H,3-9H2,1-2H3,(H,14,15). The normalized spacial score (nSPS) is 19.5. The largest absolute Gasteiger partial charge is 0.469 e. The average molecular weight is 289 g/mol. The third kappa shape index (κ3) is 6.18. The molecule has 1 aliphatic rings. The van der Waals surface area contributed by atoms with Crippen LogP contribution in [0.15, 0.2) is 0 Å². The molecule has 0 bridgehead atoms. The summed E-state index contributed by atoms with van der Waals surface area (Å²) in [6.45, 7) is 1.66. The second-order valence-corrected chi connectivity index (χ2v) is 6.58. The number of amides is 1. The molecule has 0 aromatic rings. The van der Waals surface area contributed by atoms with E-state index in [0.717, 1.165) is 25.7 Å². The minimum absolute atomic E-state index is 0.0299. The lowest BCUT2D eigenvalue weighted by Gasteiger charge is -2.22. The topological polar surface area (TPSA) is 72.5 Å². The number of nitrogens with one attached hydrogen (secondary N) is 1. The number of carbonyl (C=O) groups excluding carboxylic acids is 2. The fourth-order valence-electron chi connectivity index (χ4n) is 2.27. The number of hydrogen-bond donors (Lipinski definition) is 1. The molecule has 0 radical (unpaired) electrons. The minimum atomic E-state index is -1.32. The van der Waals surface area contributed by atoms with Crippen LogP contribution in [0.3, 0.4) is 0 Å². The van der Waals surface area contributed by atoms with Gasteiger partial charge in [-0.15, -0.1) is 0 Å². The zero-order valence-electron chi connectivity index (χ0n) is 11.6. The van der Waals surface area contributed by atoms with Crippen LogP contribution < -0.4 is 5.32 Å². The third-order valence-electron chi connectivity index (χ3n) is 3.30. The van der Waals surface area contributed by atoms with Crippen molar-refractivity contribution >= 4 is 22.7 Å². The van der Waals surface area contributed by atoms with Gasteiger partial charge in [-0.3, -0.25) is 13.8 Å². The molecule has 0 aliphatic heterocycles. The molecule has 0 heterocycles. The molecule has 1 saturated carbocycles. The molecule has 0 aromatic carbocycles. The van der Waals surface area contributed by atoms with Gasteiger partial charge in [-0.2, -0.15) is 0 Å². The molecule has 1 amide bonds. The van der Waals surface area contributed by atoms with E-state index in [-0.39, 0.29) is 29.4 Å². The van der Waals surface area contributed by atoms with Crippen molar-refractivity contribution in [1.29, 1.82) is 0 Å². The van der Waals surface area contributed by atoms with Gasteiger partial charge < -0.3 is 10.1 Å². The van der Waals surface area contributed by atoms with E-state index in [1.807, 2.05) is 0 Å². The molecule has 0 aromatic heterocycles. The van der Waals surface area contributed by atoms with Gasteiger partial charge in [0.1, 0.15) is 5.75 Å². The summed E-state index contributed by atoms with van der Waals surface area (Å²) in [5, 5.41) is 2.92. The van der Waals surface area contributed by atoms with Crippen LogP contribution in [0, 0.1) is 5.92 Å². The predicted molar refractivity (Wildman–Crippen MR) is 74.1 cm³/mol. The maximum absolute atomic E-state index is 11.8. The highest BCUT2D eigenvalue weighted by atomic mass is 32.2. The van der Waals surface area contributed by atoms with Crippen molar-refractivity contribution in [2.24, 2.45) is 5.92 Å². The molecule has 6 heteroatoms. The highest BCUT2D eigenvalue weighted by Gasteiger charge is 2.20. The smallest absolute Gasteiger partial charge is 0.309 e. The van der Waals surface area contributed by atoms with Crippen LogP contribution in [0.1, 0.15) is 39.0 Å². The second kappa shape index (κ2) is 8.30. The second-order valence-electron chi connectivity index (χ2n) is 5.08. The molecule has 5 nitrogen and oxygen atoms in total. The van der Waals surface area contributed by atoms with E-state index in [1.54, 1.807) is 6.92 Å². The Morgan fingerprint density at radius 2 is 1.95 bits per heavy atom. The Balaban J connectivity index is 2.27. The van der Waals surface area contributed by atoms with Gasteiger partial charge in [0.05, 0.1) is 13.0 Å². The SMILES string of the molecule is COC(=O)C(C)CS(=O)CC(=O)NC1CCCCC1. The van der Waals surface area contributed by atoms with Gasteiger partial charge in [-0.05, 0) is 12.8 Å². The summed E-state index contributed by atoms with van der Waals surface area (Å²) in [4.78, 5) is 22.9. The maximum Gasteiger partial charge on any atom is 0.309 e. The fourth-order valence-corrected chi connectivity index (χ4v) is 3.46. The molecule has 1 rings (SSSR count). The first kappa shape index (κ1) is 16.1. The van der Waals surface area contributed by atoms with Crippen molar-refractivity contribution in [3.63, 3.8) is 0 Å². The highest BCUT2D eigenvalue weighted by molar-refractivity contribution is 7.85. The number of carbonyl (C=O) groups is 2. The monoisotopic (exact) mass is 289 g/mol. The molecule has 2 unspecified atom stereocenters. The number of hydrogen-bond acceptors (Lipinski definition) is 4. The first-order valence-electron chi connectivity index (χ1n) is 6.75. The van der Waals surface area contributed by atoms with Gasteiger partial charge in [0.15, 0.2) is 0 Å². The molecule has 1 aliphatic carbocycles. The van der Waals surface area contributed by atoms with Crippen LogP contribution in [0.4, 0.5) is 0 Å². The van der Waals surface area contributed by atoms with Crippen molar-refractivity contribution in [2.75, 3.05) is 18.6 Å². The zero-order chi connectivity index (χ0) is 14.3. The first-order chi connectivity index (χ1) is 9.02. The summed E-state index contributed by atoms with van der Waals surface area (Å²) in [6, 6.07) is 0.233. The van der Waals surface area contributed by atoms with Crippen LogP contribution in [0.25, 0.3) is 0 Å². The lowest BCUT2D eigenvalue weighted by molar-refractivity contribution is -0.144. The number of rotatable bonds is 6. The fraction of sp³-hybridized carbons (Fsp3) is 0.846. The van der Waals surface area contributed by atoms with E-state index in [0.29, 0.717) is 0 Å². The molecule has 0 spiro atoms. The first-order valence-corrected chi connectivity index (χ1v) is 8.24. The highest BCUT2D eigenvalue weighted by Crippen LogP contribution is 2.17. The molecule has 1 fully saturated rings. The lowest BCUT2D eigenvalue weighted by Crippen LogP contribution is -2.39. The van der Waals surface area contributed by atoms with Gasteiger partial charge in [0.25, 0.3) is 0 Å². The van der Waals surface area contributed by atoms with E-state index < -0.39 is 16.7 Å². The van der Waals surface area contributed by atoms with Gasteiger partial charge >= 0.3 is 5.97 Å². The van der Waals surface area contributed by atoms with Crippen molar-refractivity contribution in [3.8, 4) is 0 Å². The molecule has 110 valence electrons. The predicted octanol–water partition coefficient (Wildman–Crippen LogP) is 0.993. The molecule has 19 heavy (non-hydrogen) atoms. The van der Waals surface area contributed by atoms with Crippen LogP contribution in [-0.2, 0) is 25.1 Å².